The Bertz CT molecular complexity index is 512. The van der Waals surface area contributed by atoms with Crippen LogP contribution in [0.4, 0.5) is 5.69 Å². The minimum Gasteiger partial charge on any atom is -0.454 e. The first-order valence-corrected chi connectivity index (χ1v) is 7.20. The van der Waals surface area contributed by atoms with Gasteiger partial charge in [0.25, 0.3) is 5.91 Å². The Morgan fingerprint density at radius 1 is 1.50 bits per heavy atom. The molecule has 1 atom stereocenters. The smallest absolute Gasteiger partial charge is 0.335 e. The molecule has 0 unspecified atom stereocenters. The highest BCUT2D eigenvalue weighted by atomic mass is 79.9. The molecule has 1 saturated heterocycles. The maximum Gasteiger partial charge on any atom is 0.335 e. The Morgan fingerprint density at radius 2 is 2.30 bits per heavy atom. The molecule has 1 heterocycles. The molecule has 2 rings (SSSR count). The number of carbonyl (C=O) groups is 2. The van der Waals surface area contributed by atoms with Crippen LogP contribution in [0.1, 0.15) is 18.4 Å². The van der Waals surface area contributed by atoms with Gasteiger partial charge in [0, 0.05) is 11.1 Å². The third-order valence-corrected chi connectivity index (χ3v) is 3.59. The predicted molar refractivity (Wildman–Crippen MR) is 77.4 cm³/mol. The van der Waals surface area contributed by atoms with Crippen molar-refractivity contribution in [1.82, 2.24) is 0 Å². The number of amides is 1. The van der Waals surface area contributed by atoms with Crippen LogP contribution in [-0.4, -0.2) is 31.2 Å². The minimum absolute atomic E-state index is 0.307. The van der Waals surface area contributed by atoms with Gasteiger partial charge in [-0.1, -0.05) is 6.07 Å². The average Bonchev–Trinajstić information content (AvgIpc) is 2.93. The SMILES string of the molecule is Cc1ccc(NC(=O)COC(=O)[C@H]2CCCO2)c(Br)c1. The zero-order valence-electron chi connectivity index (χ0n) is 11.1. The zero-order valence-corrected chi connectivity index (χ0v) is 12.7. The Hall–Kier alpha value is -1.40. The van der Waals surface area contributed by atoms with Crippen LogP contribution < -0.4 is 5.32 Å². The van der Waals surface area contributed by atoms with E-state index in [0.29, 0.717) is 18.7 Å². The highest BCUT2D eigenvalue weighted by molar-refractivity contribution is 9.10. The number of aryl methyl sites for hydroxylation is 1. The summed E-state index contributed by atoms with van der Waals surface area (Å²) in [6.45, 7) is 2.22. The predicted octanol–water partition coefficient (Wildman–Crippen LogP) is 2.42. The number of nitrogens with one attached hydrogen (secondary N) is 1. The molecule has 108 valence electrons. The third kappa shape index (κ3) is 4.05. The molecule has 0 saturated carbocycles. The Kier molecular flexibility index (Phi) is 5.14. The largest absolute Gasteiger partial charge is 0.454 e. The maximum absolute atomic E-state index is 11.7. The van der Waals surface area contributed by atoms with E-state index >= 15 is 0 Å². The van der Waals surface area contributed by atoms with Crippen molar-refractivity contribution in [3.05, 3.63) is 28.2 Å². The minimum atomic E-state index is -0.520. The van der Waals surface area contributed by atoms with Crippen LogP contribution in [0.2, 0.25) is 0 Å². The van der Waals surface area contributed by atoms with Gasteiger partial charge in [-0.3, -0.25) is 4.79 Å². The van der Waals surface area contributed by atoms with Gasteiger partial charge in [0.1, 0.15) is 0 Å². The molecule has 20 heavy (non-hydrogen) atoms. The summed E-state index contributed by atoms with van der Waals surface area (Å²) in [5, 5.41) is 2.68. The molecule has 0 aliphatic carbocycles. The van der Waals surface area contributed by atoms with Gasteiger partial charge >= 0.3 is 5.97 Å². The summed E-state index contributed by atoms with van der Waals surface area (Å²) in [5.41, 5.74) is 1.73. The van der Waals surface area contributed by atoms with E-state index in [1.165, 1.54) is 0 Å². The van der Waals surface area contributed by atoms with Gasteiger partial charge in [0.15, 0.2) is 12.7 Å². The molecule has 1 aliphatic rings. The average molecular weight is 342 g/mol. The van der Waals surface area contributed by atoms with Crippen molar-refractivity contribution < 1.29 is 19.1 Å². The van der Waals surface area contributed by atoms with Crippen LogP contribution in [0.3, 0.4) is 0 Å². The molecule has 1 aromatic rings. The first-order valence-electron chi connectivity index (χ1n) is 6.40. The number of halogens is 1. The van der Waals surface area contributed by atoms with E-state index in [0.717, 1.165) is 16.5 Å². The van der Waals surface area contributed by atoms with E-state index in [4.69, 9.17) is 9.47 Å². The van der Waals surface area contributed by atoms with Gasteiger partial charge in [-0.05, 0) is 53.4 Å². The van der Waals surface area contributed by atoms with E-state index in [2.05, 4.69) is 21.2 Å². The van der Waals surface area contributed by atoms with Crippen molar-refractivity contribution in [1.29, 1.82) is 0 Å². The number of anilines is 1. The second kappa shape index (κ2) is 6.85. The normalized spacial score (nSPS) is 17.8. The van der Waals surface area contributed by atoms with Crippen LogP contribution >= 0.6 is 15.9 Å². The molecule has 0 radical (unpaired) electrons. The molecule has 6 heteroatoms. The Labute approximate surface area is 125 Å². The van der Waals surface area contributed by atoms with Crippen LogP contribution in [0.5, 0.6) is 0 Å². The summed E-state index contributed by atoms with van der Waals surface area (Å²) in [6, 6.07) is 5.58. The van der Waals surface area contributed by atoms with Gasteiger partial charge in [0.2, 0.25) is 0 Å². The molecule has 1 amide bonds. The molecule has 0 spiro atoms. The number of hydrogen-bond acceptors (Lipinski definition) is 4. The van der Waals surface area contributed by atoms with Gasteiger partial charge < -0.3 is 14.8 Å². The van der Waals surface area contributed by atoms with Crippen LogP contribution in [0.25, 0.3) is 0 Å². The maximum atomic E-state index is 11.7. The van der Waals surface area contributed by atoms with Gasteiger partial charge in [-0.15, -0.1) is 0 Å². The first-order chi connectivity index (χ1) is 9.56. The Morgan fingerprint density at radius 3 is 2.95 bits per heavy atom. The van der Waals surface area contributed by atoms with E-state index in [1.54, 1.807) is 6.07 Å². The lowest BCUT2D eigenvalue weighted by molar-refractivity contribution is -0.156. The summed E-state index contributed by atoms with van der Waals surface area (Å²) >= 11 is 3.37. The van der Waals surface area contributed by atoms with Crippen molar-refractivity contribution in [2.75, 3.05) is 18.5 Å². The van der Waals surface area contributed by atoms with Crippen molar-refractivity contribution in [2.24, 2.45) is 0 Å². The van der Waals surface area contributed by atoms with E-state index in [-0.39, 0.29) is 12.5 Å². The van der Waals surface area contributed by atoms with Crippen molar-refractivity contribution in [3.63, 3.8) is 0 Å². The second-order valence-electron chi connectivity index (χ2n) is 4.64. The molecule has 1 aromatic carbocycles. The van der Waals surface area contributed by atoms with Gasteiger partial charge in [-0.25, -0.2) is 4.79 Å². The summed E-state index contributed by atoms with van der Waals surface area (Å²) < 4.78 is 10.9. The fourth-order valence-electron chi connectivity index (χ4n) is 1.90. The lowest BCUT2D eigenvalue weighted by atomic mass is 10.2. The number of esters is 1. The monoisotopic (exact) mass is 341 g/mol. The molecule has 1 fully saturated rings. The summed E-state index contributed by atoms with van der Waals surface area (Å²) in [6.07, 6.45) is 0.987. The lowest BCUT2D eigenvalue weighted by Gasteiger charge is -2.11. The topological polar surface area (TPSA) is 64.6 Å². The van der Waals surface area contributed by atoms with E-state index in [9.17, 15) is 9.59 Å². The molecule has 0 bridgehead atoms. The van der Waals surface area contributed by atoms with Gasteiger partial charge in [0.05, 0.1) is 5.69 Å². The highest BCUT2D eigenvalue weighted by Crippen LogP contribution is 2.23. The number of carbonyl (C=O) groups excluding carboxylic acids is 2. The standard InChI is InChI=1S/C14H16BrNO4/c1-9-4-5-11(10(15)7-9)16-13(17)8-20-14(18)12-3-2-6-19-12/h4-5,7,12H,2-3,6,8H2,1H3,(H,16,17)/t12-/m1/s1. The van der Waals surface area contributed by atoms with Crippen molar-refractivity contribution >= 4 is 33.5 Å². The highest BCUT2D eigenvalue weighted by Gasteiger charge is 2.25. The number of hydrogen-bond donors (Lipinski definition) is 1. The summed E-state index contributed by atoms with van der Waals surface area (Å²) in [5.74, 6) is -0.846. The fraction of sp³-hybridized carbons (Fsp3) is 0.429. The summed E-state index contributed by atoms with van der Waals surface area (Å²) in [7, 11) is 0. The molecular formula is C14H16BrNO4. The van der Waals surface area contributed by atoms with Crippen molar-refractivity contribution in [3.8, 4) is 0 Å². The number of ether oxygens (including phenoxy) is 2. The van der Waals surface area contributed by atoms with Crippen LogP contribution in [0, 0.1) is 6.92 Å². The number of benzene rings is 1. The molecule has 5 nitrogen and oxygen atoms in total. The lowest BCUT2D eigenvalue weighted by Crippen LogP contribution is -2.27. The van der Waals surface area contributed by atoms with Gasteiger partial charge in [-0.2, -0.15) is 0 Å². The molecule has 1 N–H and O–H groups in total. The number of rotatable bonds is 4. The first kappa shape index (κ1) is 15.0. The van der Waals surface area contributed by atoms with Crippen LogP contribution in [0.15, 0.2) is 22.7 Å². The van der Waals surface area contributed by atoms with E-state index < -0.39 is 12.1 Å². The fourth-order valence-corrected chi connectivity index (χ4v) is 2.49. The molecule has 0 aromatic heterocycles. The molecular weight excluding hydrogens is 326 g/mol. The zero-order chi connectivity index (χ0) is 14.5. The quantitative estimate of drug-likeness (QED) is 0.854. The summed E-state index contributed by atoms with van der Waals surface area (Å²) in [4.78, 5) is 23.3. The van der Waals surface area contributed by atoms with Crippen molar-refractivity contribution in [2.45, 2.75) is 25.9 Å². The second-order valence-corrected chi connectivity index (χ2v) is 5.50. The van der Waals surface area contributed by atoms with E-state index in [1.807, 2.05) is 19.1 Å². The van der Waals surface area contributed by atoms with Crippen LogP contribution in [-0.2, 0) is 19.1 Å². The molecule has 1 aliphatic heterocycles. The third-order valence-electron chi connectivity index (χ3n) is 2.94. The Balaban J connectivity index is 1.81.